The maximum Gasteiger partial charge on any atom is 0.133 e. The molecule has 7 atom stereocenters. The van der Waals surface area contributed by atoms with Crippen LogP contribution in [0.3, 0.4) is 0 Å². The Labute approximate surface area is 176 Å². The predicted molar refractivity (Wildman–Crippen MR) is 116 cm³/mol. The number of hydrogen-bond acceptors (Lipinski definition) is 2. The summed E-state index contributed by atoms with van der Waals surface area (Å²) in [5.74, 6) is 3.31. The highest BCUT2D eigenvalue weighted by Crippen LogP contribution is 2.68. The van der Waals surface area contributed by atoms with E-state index in [1.54, 1.807) is 0 Å². The topological polar surface area (TPSA) is 37.3 Å². The fourth-order valence-corrected chi connectivity index (χ4v) is 8.56. The quantitative estimate of drug-likeness (QED) is 0.686. The van der Waals surface area contributed by atoms with Crippen molar-refractivity contribution in [1.29, 1.82) is 0 Å². The number of aryl methyl sites for hydroxylation is 1. The van der Waals surface area contributed by atoms with Crippen LogP contribution in [0.1, 0.15) is 83.6 Å². The first-order valence-electron chi connectivity index (χ1n) is 12.1. The van der Waals surface area contributed by atoms with Gasteiger partial charge in [-0.25, -0.2) is 0 Å². The smallest absolute Gasteiger partial charge is 0.133 e. The SMILES string of the molecule is C[C@]12CCC(=O)C[C@@H]1CC[C@@H]1[C@@H]2CC[C@@]2(C)[C@H]1CC[C@@]2(O)CCc1ccccc1. The second kappa shape index (κ2) is 6.94. The van der Waals surface area contributed by atoms with E-state index in [1.807, 2.05) is 0 Å². The predicted octanol–water partition coefficient (Wildman–Crippen LogP) is 5.96. The molecule has 2 nitrogen and oxygen atoms in total. The normalized spacial score (nSPS) is 46.7. The minimum atomic E-state index is -0.515. The highest BCUT2D eigenvalue weighted by atomic mass is 16.3. The van der Waals surface area contributed by atoms with Crippen LogP contribution in [0.5, 0.6) is 0 Å². The van der Waals surface area contributed by atoms with E-state index in [2.05, 4.69) is 44.2 Å². The van der Waals surface area contributed by atoms with Crippen molar-refractivity contribution < 1.29 is 9.90 Å². The highest BCUT2D eigenvalue weighted by Gasteiger charge is 2.64. The van der Waals surface area contributed by atoms with Crippen molar-refractivity contribution in [1.82, 2.24) is 0 Å². The molecule has 4 aliphatic rings. The molecule has 5 rings (SSSR count). The molecule has 4 aliphatic carbocycles. The molecule has 29 heavy (non-hydrogen) atoms. The number of aliphatic hydroxyl groups is 1. The molecule has 2 heteroatoms. The average Bonchev–Trinajstić information content (AvgIpc) is 2.99. The third-order valence-corrected chi connectivity index (χ3v) is 10.5. The van der Waals surface area contributed by atoms with Crippen LogP contribution in [-0.2, 0) is 11.2 Å². The number of rotatable bonds is 3. The molecule has 0 radical (unpaired) electrons. The van der Waals surface area contributed by atoms with Crippen LogP contribution >= 0.6 is 0 Å². The van der Waals surface area contributed by atoms with Crippen LogP contribution in [0.15, 0.2) is 30.3 Å². The van der Waals surface area contributed by atoms with Gasteiger partial charge in [0.05, 0.1) is 5.60 Å². The van der Waals surface area contributed by atoms with Gasteiger partial charge >= 0.3 is 0 Å². The van der Waals surface area contributed by atoms with Gasteiger partial charge in [0.2, 0.25) is 0 Å². The van der Waals surface area contributed by atoms with Crippen LogP contribution in [-0.4, -0.2) is 16.5 Å². The summed E-state index contributed by atoms with van der Waals surface area (Å²) in [4.78, 5) is 12.1. The van der Waals surface area contributed by atoms with Crippen molar-refractivity contribution >= 4 is 5.78 Å². The van der Waals surface area contributed by atoms with Gasteiger partial charge < -0.3 is 5.11 Å². The number of Topliss-reactive ketones (excluding diaryl/α,β-unsaturated/α-hetero) is 1. The Morgan fingerprint density at radius 1 is 0.966 bits per heavy atom. The zero-order valence-corrected chi connectivity index (χ0v) is 18.3. The summed E-state index contributed by atoms with van der Waals surface area (Å²) < 4.78 is 0. The first-order chi connectivity index (χ1) is 13.9. The maximum absolute atomic E-state index is 12.1. The lowest BCUT2D eigenvalue weighted by Gasteiger charge is -2.61. The summed E-state index contributed by atoms with van der Waals surface area (Å²) in [7, 11) is 0. The van der Waals surface area contributed by atoms with E-state index in [0.717, 1.165) is 50.4 Å². The Hall–Kier alpha value is -1.15. The summed E-state index contributed by atoms with van der Waals surface area (Å²) in [6, 6.07) is 10.7. The molecule has 0 saturated heterocycles. The van der Waals surface area contributed by atoms with Crippen LogP contribution in [0.25, 0.3) is 0 Å². The average molecular weight is 395 g/mol. The molecular formula is C27H38O2. The standard InChI is InChI=1S/C27H38O2/c1-25-14-11-21(28)18-20(25)8-9-22-23(25)12-15-26(2)24(22)13-17-27(26,29)16-10-19-6-4-3-5-7-19/h3-7,20,22-24,29H,8-18H2,1-2H3/t20-,22+,23-,24-,25-,26-,27-/m0/s1. The Morgan fingerprint density at radius 2 is 1.72 bits per heavy atom. The monoisotopic (exact) mass is 394 g/mol. The first kappa shape index (κ1) is 19.8. The zero-order valence-electron chi connectivity index (χ0n) is 18.3. The minimum absolute atomic E-state index is 0.0661. The van der Waals surface area contributed by atoms with Gasteiger partial charge in [0.25, 0.3) is 0 Å². The third kappa shape index (κ3) is 2.96. The van der Waals surface area contributed by atoms with Crippen molar-refractivity contribution in [3.8, 4) is 0 Å². The number of benzene rings is 1. The van der Waals surface area contributed by atoms with E-state index < -0.39 is 5.60 Å². The fourth-order valence-electron chi connectivity index (χ4n) is 8.56. The van der Waals surface area contributed by atoms with Crippen LogP contribution in [0.2, 0.25) is 0 Å². The summed E-state index contributed by atoms with van der Waals surface area (Å²) in [5.41, 5.74) is 1.26. The van der Waals surface area contributed by atoms with Crippen molar-refractivity contribution in [2.45, 2.75) is 90.1 Å². The van der Waals surface area contributed by atoms with Crippen LogP contribution in [0, 0.1) is 34.5 Å². The van der Waals surface area contributed by atoms with E-state index in [9.17, 15) is 9.90 Å². The van der Waals surface area contributed by atoms with Gasteiger partial charge in [0.15, 0.2) is 0 Å². The summed E-state index contributed by atoms with van der Waals surface area (Å²) in [6.45, 7) is 4.94. The molecule has 0 spiro atoms. The highest BCUT2D eigenvalue weighted by molar-refractivity contribution is 5.79. The third-order valence-electron chi connectivity index (χ3n) is 10.5. The van der Waals surface area contributed by atoms with E-state index in [4.69, 9.17) is 0 Å². The lowest BCUT2D eigenvalue weighted by molar-refractivity contribution is -0.158. The van der Waals surface area contributed by atoms with Crippen molar-refractivity contribution in [3.05, 3.63) is 35.9 Å². The van der Waals surface area contributed by atoms with E-state index in [0.29, 0.717) is 23.0 Å². The van der Waals surface area contributed by atoms with Gasteiger partial charge in [-0.05, 0) is 97.9 Å². The summed E-state index contributed by atoms with van der Waals surface area (Å²) in [6.07, 6.45) is 11.7. The Kier molecular flexibility index (Phi) is 4.74. The van der Waals surface area contributed by atoms with E-state index in [1.165, 1.54) is 37.7 Å². The number of hydrogen-bond donors (Lipinski definition) is 1. The molecule has 1 N–H and O–H groups in total. The Bertz CT molecular complexity index is 772. The van der Waals surface area contributed by atoms with Crippen LogP contribution in [0.4, 0.5) is 0 Å². The molecule has 1 aromatic rings. The second-order valence-corrected chi connectivity index (χ2v) is 11.4. The van der Waals surface area contributed by atoms with Crippen molar-refractivity contribution in [2.75, 3.05) is 0 Å². The lowest BCUT2D eigenvalue weighted by atomic mass is 9.44. The van der Waals surface area contributed by atoms with Gasteiger partial charge in [-0.2, -0.15) is 0 Å². The molecule has 0 amide bonds. The molecule has 0 unspecified atom stereocenters. The van der Waals surface area contributed by atoms with Gasteiger partial charge in [-0.1, -0.05) is 44.2 Å². The number of ketones is 1. The number of carbonyl (C=O) groups excluding carboxylic acids is 1. The van der Waals surface area contributed by atoms with Crippen LogP contribution < -0.4 is 0 Å². The van der Waals surface area contributed by atoms with E-state index in [-0.39, 0.29) is 5.41 Å². The molecule has 0 heterocycles. The molecular weight excluding hydrogens is 356 g/mol. The van der Waals surface area contributed by atoms with E-state index >= 15 is 0 Å². The molecule has 0 bridgehead atoms. The minimum Gasteiger partial charge on any atom is -0.389 e. The summed E-state index contributed by atoms with van der Waals surface area (Å²) >= 11 is 0. The molecule has 1 aromatic carbocycles. The van der Waals surface area contributed by atoms with Gasteiger partial charge in [-0.15, -0.1) is 0 Å². The number of carbonyl (C=O) groups is 1. The van der Waals surface area contributed by atoms with Crippen molar-refractivity contribution in [3.63, 3.8) is 0 Å². The molecule has 4 fully saturated rings. The van der Waals surface area contributed by atoms with Gasteiger partial charge in [0, 0.05) is 12.8 Å². The largest absolute Gasteiger partial charge is 0.389 e. The second-order valence-electron chi connectivity index (χ2n) is 11.4. The van der Waals surface area contributed by atoms with Gasteiger partial charge in [0.1, 0.15) is 5.78 Å². The summed E-state index contributed by atoms with van der Waals surface area (Å²) in [5, 5.41) is 11.9. The molecule has 4 saturated carbocycles. The Morgan fingerprint density at radius 3 is 2.52 bits per heavy atom. The molecule has 0 aliphatic heterocycles. The Balaban J connectivity index is 1.36. The number of fused-ring (bicyclic) bond motifs is 5. The first-order valence-corrected chi connectivity index (χ1v) is 12.1. The molecule has 0 aromatic heterocycles. The fraction of sp³-hybridized carbons (Fsp3) is 0.741. The van der Waals surface area contributed by atoms with Gasteiger partial charge in [-0.3, -0.25) is 4.79 Å². The zero-order chi connectivity index (χ0) is 20.3. The van der Waals surface area contributed by atoms with Crippen molar-refractivity contribution in [2.24, 2.45) is 34.5 Å². The lowest BCUT2D eigenvalue weighted by Crippen LogP contribution is -2.56. The maximum atomic E-state index is 12.1. The molecule has 158 valence electrons.